The lowest BCUT2D eigenvalue weighted by molar-refractivity contribution is -0.117. The highest BCUT2D eigenvalue weighted by molar-refractivity contribution is 6.30. The molecule has 1 saturated heterocycles. The van der Waals surface area contributed by atoms with Gasteiger partial charge in [0.25, 0.3) is 0 Å². The number of amides is 1. The van der Waals surface area contributed by atoms with Gasteiger partial charge in [-0.25, -0.2) is 9.67 Å². The first-order valence-electron chi connectivity index (χ1n) is 9.86. The number of halogens is 1. The number of rotatable bonds is 5. The highest BCUT2D eigenvalue weighted by atomic mass is 35.5. The SMILES string of the molecule is Cc1cc(C)n(-c2cncc(N3CCN(CC(=O)Nc4ccc(Cl)cc4)CC3)n2)n1. The maximum Gasteiger partial charge on any atom is 0.238 e. The first-order chi connectivity index (χ1) is 14.5. The average molecular weight is 426 g/mol. The summed E-state index contributed by atoms with van der Waals surface area (Å²) in [5.41, 5.74) is 2.72. The van der Waals surface area contributed by atoms with Gasteiger partial charge < -0.3 is 10.2 Å². The molecule has 0 radical (unpaired) electrons. The molecule has 4 rings (SSSR count). The third-order valence-corrected chi connectivity index (χ3v) is 5.28. The molecule has 1 amide bonds. The largest absolute Gasteiger partial charge is 0.353 e. The molecule has 1 aliphatic rings. The second-order valence-corrected chi connectivity index (χ2v) is 7.83. The van der Waals surface area contributed by atoms with E-state index >= 15 is 0 Å². The Balaban J connectivity index is 1.33. The van der Waals surface area contributed by atoms with Crippen LogP contribution in [0, 0.1) is 13.8 Å². The van der Waals surface area contributed by atoms with E-state index in [1.165, 1.54) is 0 Å². The molecule has 0 spiro atoms. The van der Waals surface area contributed by atoms with E-state index in [1.54, 1.807) is 36.7 Å². The summed E-state index contributed by atoms with van der Waals surface area (Å²) in [6.45, 7) is 7.44. The first kappa shape index (κ1) is 20.3. The summed E-state index contributed by atoms with van der Waals surface area (Å²) in [4.78, 5) is 25.8. The maximum atomic E-state index is 12.3. The van der Waals surface area contributed by atoms with Crippen molar-refractivity contribution in [1.29, 1.82) is 0 Å². The zero-order valence-electron chi connectivity index (χ0n) is 17.0. The van der Waals surface area contributed by atoms with Gasteiger partial charge in [-0.2, -0.15) is 5.10 Å². The molecule has 0 atom stereocenters. The molecule has 9 heteroatoms. The number of benzene rings is 1. The Bertz CT molecular complexity index is 1030. The monoisotopic (exact) mass is 425 g/mol. The van der Waals surface area contributed by atoms with E-state index in [1.807, 2.05) is 24.6 Å². The molecule has 1 N–H and O–H groups in total. The third-order valence-electron chi connectivity index (χ3n) is 5.03. The molecule has 0 bridgehead atoms. The molecule has 3 aromatic rings. The van der Waals surface area contributed by atoms with Crippen LogP contribution < -0.4 is 10.2 Å². The van der Waals surface area contributed by atoms with Gasteiger partial charge in [0, 0.05) is 42.6 Å². The predicted molar refractivity (Wildman–Crippen MR) is 117 cm³/mol. The Kier molecular flexibility index (Phi) is 5.96. The normalized spacial score (nSPS) is 14.7. The molecular weight excluding hydrogens is 402 g/mol. The van der Waals surface area contributed by atoms with Crippen LogP contribution in [0.25, 0.3) is 5.82 Å². The lowest BCUT2D eigenvalue weighted by atomic mass is 10.3. The van der Waals surface area contributed by atoms with Gasteiger partial charge in [-0.1, -0.05) is 11.6 Å². The summed E-state index contributed by atoms with van der Waals surface area (Å²) in [6.07, 6.45) is 3.50. The summed E-state index contributed by atoms with van der Waals surface area (Å²) in [7, 11) is 0. The number of carbonyl (C=O) groups is 1. The van der Waals surface area contributed by atoms with Crippen molar-refractivity contribution in [2.45, 2.75) is 13.8 Å². The smallest absolute Gasteiger partial charge is 0.238 e. The van der Waals surface area contributed by atoms with Crippen LogP contribution in [0.2, 0.25) is 5.02 Å². The molecule has 8 nitrogen and oxygen atoms in total. The molecule has 2 aromatic heterocycles. The zero-order valence-corrected chi connectivity index (χ0v) is 17.8. The minimum absolute atomic E-state index is 0.0305. The third kappa shape index (κ3) is 4.77. The standard InChI is InChI=1S/C21H24ClN7O/c1-15-11-16(2)29(26-15)20-13-23-12-19(25-20)28-9-7-27(8-10-28)14-21(30)24-18-5-3-17(22)4-6-18/h3-6,11-13H,7-10,14H2,1-2H3,(H,24,30). The van der Waals surface area contributed by atoms with Crippen LogP contribution in [0.5, 0.6) is 0 Å². The van der Waals surface area contributed by atoms with Gasteiger partial charge in [-0.05, 0) is 44.2 Å². The Labute approximate surface area is 180 Å². The number of aryl methyl sites for hydroxylation is 2. The predicted octanol–water partition coefficient (Wildman–Crippen LogP) is 2.69. The van der Waals surface area contributed by atoms with E-state index in [9.17, 15) is 4.79 Å². The molecule has 1 aliphatic heterocycles. The molecule has 0 saturated carbocycles. The molecule has 30 heavy (non-hydrogen) atoms. The van der Waals surface area contributed by atoms with Crippen molar-refractivity contribution in [2.75, 3.05) is 42.9 Å². The Morgan fingerprint density at radius 1 is 1.07 bits per heavy atom. The second kappa shape index (κ2) is 8.81. The topological polar surface area (TPSA) is 79.2 Å². The van der Waals surface area contributed by atoms with Crippen molar-refractivity contribution < 1.29 is 4.79 Å². The summed E-state index contributed by atoms with van der Waals surface area (Å²) in [6, 6.07) is 9.13. The second-order valence-electron chi connectivity index (χ2n) is 7.39. The molecule has 1 fully saturated rings. The fraction of sp³-hybridized carbons (Fsp3) is 0.333. The molecule has 0 unspecified atom stereocenters. The van der Waals surface area contributed by atoms with E-state index in [4.69, 9.17) is 16.6 Å². The number of hydrogen-bond donors (Lipinski definition) is 1. The van der Waals surface area contributed by atoms with Crippen LogP contribution in [-0.4, -0.2) is 63.3 Å². The van der Waals surface area contributed by atoms with Crippen molar-refractivity contribution >= 4 is 29.0 Å². The molecule has 1 aromatic carbocycles. The minimum Gasteiger partial charge on any atom is -0.353 e. The number of aromatic nitrogens is 4. The fourth-order valence-electron chi connectivity index (χ4n) is 3.53. The summed E-state index contributed by atoms with van der Waals surface area (Å²) < 4.78 is 1.81. The van der Waals surface area contributed by atoms with Gasteiger partial charge in [-0.15, -0.1) is 0 Å². The van der Waals surface area contributed by atoms with Gasteiger partial charge in [0.05, 0.1) is 24.6 Å². The number of anilines is 2. The van der Waals surface area contributed by atoms with Crippen molar-refractivity contribution in [3.05, 3.63) is 59.1 Å². The van der Waals surface area contributed by atoms with Crippen LogP contribution >= 0.6 is 11.6 Å². The van der Waals surface area contributed by atoms with Crippen LogP contribution in [0.15, 0.2) is 42.7 Å². The number of piperazine rings is 1. The molecular formula is C21H24ClN7O. The number of hydrogen-bond acceptors (Lipinski definition) is 6. The van der Waals surface area contributed by atoms with Gasteiger partial charge in [-0.3, -0.25) is 14.7 Å². The molecule has 156 valence electrons. The Morgan fingerprint density at radius 3 is 2.43 bits per heavy atom. The molecule has 3 heterocycles. The number of nitrogens with zero attached hydrogens (tertiary/aromatic N) is 6. The van der Waals surface area contributed by atoms with Crippen LogP contribution in [-0.2, 0) is 4.79 Å². The Morgan fingerprint density at radius 2 is 1.77 bits per heavy atom. The minimum atomic E-state index is -0.0305. The van der Waals surface area contributed by atoms with Crippen molar-refractivity contribution in [2.24, 2.45) is 0 Å². The fourth-order valence-corrected chi connectivity index (χ4v) is 3.66. The van der Waals surface area contributed by atoms with Gasteiger partial charge >= 0.3 is 0 Å². The Hall–Kier alpha value is -2.97. The molecule has 0 aliphatic carbocycles. The van der Waals surface area contributed by atoms with Crippen LogP contribution in [0.4, 0.5) is 11.5 Å². The summed E-state index contributed by atoms with van der Waals surface area (Å²) in [5, 5.41) is 8.04. The van der Waals surface area contributed by atoms with Gasteiger partial charge in [0.2, 0.25) is 5.91 Å². The highest BCUT2D eigenvalue weighted by Gasteiger charge is 2.21. The quantitative estimate of drug-likeness (QED) is 0.677. The summed E-state index contributed by atoms with van der Waals surface area (Å²) >= 11 is 5.88. The maximum absolute atomic E-state index is 12.3. The van der Waals surface area contributed by atoms with E-state index in [2.05, 4.69) is 25.2 Å². The highest BCUT2D eigenvalue weighted by Crippen LogP contribution is 2.17. The van der Waals surface area contributed by atoms with Crippen LogP contribution in [0.3, 0.4) is 0 Å². The van der Waals surface area contributed by atoms with E-state index in [0.29, 0.717) is 17.4 Å². The van der Waals surface area contributed by atoms with Gasteiger partial charge in [0.15, 0.2) is 5.82 Å². The van der Waals surface area contributed by atoms with Crippen LogP contribution in [0.1, 0.15) is 11.4 Å². The lowest BCUT2D eigenvalue weighted by Crippen LogP contribution is -2.49. The zero-order chi connectivity index (χ0) is 21.1. The van der Waals surface area contributed by atoms with E-state index in [0.717, 1.165) is 49.1 Å². The van der Waals surface area contributed by atoms with Gasteiger partial charge in [0.1, 0.15) is 5.82 Å². The average Bonchev–Trinajstić information content (AvgIpc) is 3.08. The van der Waals surface area contributed by atoms with Crippen molar-refractivity contribution in [1.82, 2.24) is 24.6 Å². The van der Waals surface area contributed by atoms with E-state index < -0.39 is 0 Å². The van der Waals surface area contributed by atoms with Crippen molar-refractivity contribution in [3.8, 4) is 5.82 Å². The lowest BCUT2D eigenvalue weighted by Gasteiger charge is -2.34. The summed E-state index contributed by atoms with van der Waals surface area (Å²) in [5.74, 6) is 1.50. The number of carbonyl (C=O) groups excluding carboxylic acids is 1. The van der Waals surface area contributed by atoms with Crippen molar-refractivity contribution in [3.63, 3.8) is 0 Å². The number of nitrogens with one attached hydrogen (secondary N) is 1. The van der Waals surface area contributed by atoms with E-state index in [-0.39, 0.29) is 5.91 Å². The first-order valence-corrected chi connectivity index (χ1v) is 10.2.